The molecule has 0 N–H and O–H groups in total. The van der Waals surface area contributed by atoms with Gasteiger partial charge >= 0.3 is 0 Å². The molecule has 0 atom stereocenters. The summed E-state index contributed by atoms with van der Waals surface area (Å²) in [5.41, 5.74) is 13.3. The summed E-state index contributed by atoms with van der Waals surface area (Å²) in [5, 5.41) is 2.55. The Morgan fingerprint density at radius 1 is 0.375 bits per heavy atom. The SMILES string of the molecule is c1ccc(-c2cc(-c3ccc4c(c3)sc3ccccc34)nc(-c3cccc(-c4ccc5c(c4)Oc4ccc6c(c4O5)-c4ccccc4C6(c4ccccc4)c4ccccc4)c3)n2)cc1. The fraction of sp³-hybridized carbons (Fsp3) is 0.0169. The third-order valence-electron chi connectivity index (χ3n) is 12.8. The molecule has 0 saturated carbocycles. The molecular formula is C59H36N2O2S. The standard InChI is InChI=1S/C59H36N2O2S/c1-4-15-37(16-5-1)49-36-50(40-27-29-45-44-23-11-13-26-54(44)64-55(45)35-40)61-58(60-49)41-18-14-17-38(33-41)39-28-31-51-53(34-39)62-52-32-30-48-56(57(52)63-51)46-24-10-12-25-47(46)59(48,42-19-6-2-7-20-42)43-21-8-3-9-22-43/h1-36H. The van der Waals surface area contributed by atoms with Crippen molar-refractivity contribution in [3.8, 4) is 79.2 Å². The molecule has 0 bridgehead atoms. The molecule has 3 heterocycles. The van der Waals surface area contributed by atoms with E-state index in [1.165, 1.54) is 42.4 Å². The minimum atomic E-state index is -0.528. The highest BCUT2D eigenvalue weighted by Gasteiger charge is 2.48. The molecule has 300 valence electrons. The summed E-state index contributed by atoms with van der Waals surface area (Å²) < 4.78 is 16.3. The Labute approximate surface area is 374 Å². The zero-order valence-corrected chi connectivity index (χ0v) is 35.2. The Morgan fingerprint density at radius 2 is 1.00 bits per heavy atom. The lowest BCUT2D eigenvalue weighted by Crippen LogP contribution is -2.28. The number of aromatic nitrogens is 2. The lowest BCUT2D eigenvalue weighted by atomic mass is 9.68. The number of ether oxygens (including phenoxy) is 2. The molecule has 64 heavy (non-hydrogen) atoms. The van der Waals surface area contributed by atoms with Crippen molar-refractivity contribution in [2.45, 2.75) is 5.41 Å². The highest BCUT2D eigenvalue weighted by Crippen LogP contribution is 2.62. The molecule has 4 nitrogen and oxygen atoms in total. The van der Waals surface area contributed by atoms with Crippen LogP contribution < -0.4 is 9.47 Å². The molecule has 11 aromatic rings. The van der Waals surface area contributed by atoms with Crippen molar-refractivity contribution in [1.29, 1.82) is 0 Å². The molecule has 0 saturated heterocycles. The molecule has 0 radical (unpaired) electrons. The average Bonchev–Trinajstić information content (AvgIpc) is 3.90. The first-order valence-electron chi connectivity index (χ1n) is 21.5. The number of benzene rings is 9. The van der Waals surface area contributed by atoms with Gasteiger partial charge in [-0.3, -0.25) is 0 Å². The second-order valence-corrected chi connectivity index (χ2v) is 17.5. The van der Waals surface area contributed by atoms with Gasteiger partial charge in [0.1, 0.15) is 0 Å². The number of nitrogens with zero attached hydrogens (tertiary/aromatic N) is 2. The molecule has 0 spiro atoms. The number of hydrogen-bond acceptors (Lipinski definition) is 5. The van der Waals surface area contributed by atoms with Gasteiger partial charge in [0.05, 0.1) is 16.8 Å². The zero-order valence-electron chi connectivity index (χ0n) is 34.4. The van der Waals surface area contributed by atoms with Crippen molar-refractivity contribution in [3.63, 3.8) is 0 Å². The van der Waals surface area contributed by atoms with Gasteiger partial charge in [-0.2, -0.15) is 0 Å². The van der Waals surface area contributed by atoms with E-state index in [9.17, 15) is 0 Å². The van der Waals surface area contributed by atoms with Crippen LogP contribution in [0.4, 0.5) is 0 Å². The van der Waals surface area contributed by atoms with E-state index in [0.29, 0.717) is 23.1 Å². The van der Waals surface area contributed by atoms with E-state index in [4.69, 9.17) is 19.4 Å². The monoisotopic (exact) mass is 836 g/mol. The number of rotatable bonds is 6. The topological polar surface area (TPSA) is 44.2 Å². The molecule has 0 unspecified atom stereocenters. The van der Waals surface area contributed by atoms with Crippen LogP contribution in [0.1, 0.15) is 22.3 Å². The van der Waals surface area contributed by atoms with E-state index in [1.807, 2.05) is 23.5 Å². The van der Waals surface area contributed by atoms with Crippen molar-refractivity contribution in [3.05, 3.63) is 241 Å². The maximum atomic E-state index is 6.94. The Bertz CT molecular complexity index is 3580. The Balaban J connectivity index is 0.881. The van der Waals surface area contributed by atoms with Crippen LogP contribution in [-0.4, -0.2) is 9.97 Å². The van der Waals surface area contributed by atoms with E-state index in [1.54, 1.807) is 0 Å². The van der Waals surface area contributed by atoms with Crippen LogP contribution in [0.25, 0.3) is 76.3 Å². The summed E-state index contributed by atoms with van der Waals surface area (Å²) >= 11 is 1.82. The van der Waals surface area contributed by atoms with Crippen molar-refractivity contribution >= 4 is 31.5 Å². The summed E-state index contributed by atoms with van der Waals surface area (Å²) in [5.74, 6) is 3.43. The normalized spacial score (nSPS) is 13.1. The fourth-order valence-electron chi connectivity index (χ4n) is 9.95. The molecule has 5 heteroatoms. The predicted molar refractivity (Wildman–Crippen MR) is 261 cm³/mol. The van der Waals surface area contributed by atoms with Crippen molar-refractivity contribution in [1.82, 2.24) is 9.97 Å². The lowest BCUT2D eigenvalue weighted by molar-refractivity contribution is 0.360. The lowest BCUT2D eigenvalue weighted by Gasteiger charge is -2.34. The molecule has 2 aliphatic rings. The van der Waals surface area contributed by atoms with Gasteiger partial charge in [0.15, 0.2) is 28.8 Å². The van der Waals surface area contributed by atoms with E-state index in [2.05, 4.69) is 206 Å². The molecule has 1 aliphatic heterocycles. The van der Waals surface area contributed by atoms with Crippen LogP contribution in [0.2, 0.25) is 0 Å². The quantitative estimate of drug-likeness (QED) is 0.167. The smallest absolute Gasteiger partial charge is 0.178 e. The maximum absolute atomic E-state index is 6.94. The van der Waals surface area contributed by atoms with Crippen LogP contribution in [0.3, 0.4) is 0 Å². The molecule has 1 aliphatic carbocycles. The Morgan fingerprint density at radius 3 is 1.81 bits per heavy atom. The molecule has 13 rings (SSSR count). The second kappa shape index (κ2) is 14.5. The Kier molecular flexibility index (Phi) is 8.27. The van der Waals surface area contributed by atoms with Crippen molar-refractivity contribution in [2.75, 3.05) is 0 Å². The summed E-state index contributed by atoms with van der Waals surface area (Å²) in [6.07, 6.45) is 0. The zero-order chi connectivity index (χ0) is 42.2. The summed E-state index contributed by atoms with van der Waals surface area (Å²) in [4.78, 5) is 10.4. The van der Waals surface area contributed by atoms with Gasteiger partial charge in [-0.15, -0.1) is 11.3 Å². The van der Waals surface area contributed by atoms with Gasteiger partial charge in [-0.05, 0) is 81.4 Å². The highest BCUT2D eigenvalue weighted by atomic mass is 32.1. The molecule has 9 aromatic carbocycles. The number of fused-ring (bicyclic) bond motifs is 9. The average molecular weight is 837 g/mol. The minimum Gasteiger partial charge on any atom is -0.449 e. The van der Waals surface area contributed by atoms with Gasteiger partial charge in [0.2, 0.25) is 0 Å². The van der Waals surface area contributed by atoms with E-state index in [0.717, 1.165) is 56.1 Å². The Hall–Kier alpha value is -8.12. The van der Waals surface area contributed by atoms with Crippen LogP contribution in [-0.2, 0) is 5.41 Å². The number of thiophene rings is 1. The largest absolute Gasteiger partial charge is 0.449 e. The first-order chi connectivity index (χ1) is 31.7. The van der Waals surface area contributed by atoms with Gasteiger partial charge in [-0.25, -0.2) is 9.97 Å². The van der Waals surface area contributed by atoms with Gasteiger partial charge in [0.25, 0.3) is 0 Å². The van der Waals surface area contributed by atoms with Crippen molar-refractivity contribution < 1.29 is 9.47 Å². The van der Waals surface area contributed by atoms with Gasteiger partial charge < -0.3 is 9.47 Å². The molecular weight excluding hydrogens is 801 g/mol. The fourth-order valence-corrected chi connectivity index (χ4v) is 11.1. The summed E-state index contributed by atoms with van der Waals surface area (Å²) in [7, 11) is 0. The van der Waals surface area contributed by atoms with Crippen LogP contribution in [0, 0.1) is 0 Å². The maximum Gasteiger partial charge on any atom is 0.178 e. The first-order valence-corrected chi connectivity index (χ1v) is 22.4. The third-order valence-corrected chi connectivity index (χ3v) is 14.0. The third kappa shape index (κ3) is 5.68. The number of hydrogen-bond donors (Lipinski definition) is 0. The molecule has 2 aromatic heterocycles. The van der Waals surface area contributed by atoms with Crippen LogP contribution >= 0.6 is 11.3 Å². The van der Waals surface area contributed by atoms with Gasteiger partial charge in [-0.1, -0.05) is 176 Å². The van der Waals surface area contributed by atoms with Crippen molar-refractivity contribution in [2.24, 2.45) is 0 Å². The van der Waals surface area contributed by atoms with E-state index < -0.39 is 5.41 Å². The van der Waals surface area contributed by atoms with E-state index in [-0.39, 0.29) is 0 Å². The van der Waals surface area contributed by atoms with Crippen LogP contribution in [0.5, 0.6) is 23.0 Å². The minimum absolute atomic E-state index is 0.528. The first kappa shape index (κ1) is 36.5. The molecule has 0 amide bonds. The van der Waals surface area contributed by atoms with Crippen LogP contribution in [0.15, 0.2) is 218 Å². The summed E-state index contributed by atoms with van der Waals surface area (Å²) in [6, 6.07) is 77.0. The predicted octanol–water partition coefficient (Wildman–Crippen LogP) is 15.8. The van der Waals surface area contributed by atoms with Gasteiger partial charge in [0, 0.05) is 42.4 Å². The highest BCUT2D eigenvalue weighted by molar-refractivity contribution is 7.25. The second-order valence-electron chi connectivity index (χ2n) is 16.4. The summed E-state index contributed by atoms with van der Waals surface area (Å²) in [6.45, 7) is 0. The molecule has 0 fully saturated rings. The van der Waals surface area contributed by atoms with E-state index >= 15 is 0 Å².